The molecule has 0 saturated carbocycles. The molecule has 3 atom stereocenters. The van der Waals surface area contributed by atoms with Crippen molar-refractivity contribution < 1.29 is 14.3 Å². The second kappa shape index (κ2) is 11.3. The summed E-state index contributed by atoms with van der Waals surface area (Å²) in [6.45, 7) is 9.02. The summed E-state index contributed by atoms with van der Waals surface area (Å²) in [5, 5.41) is 13.3. The molecule has 1 saturated heterocycles. The van der Waals surface area contributed by atoms with Gasteiger partial charge in [-0.2, -0.15) is 10.2 Å². The minimum Gasteiger partial charge on any atom is -0.360 e. The molecular formula is C22H39N7O3Si. The average Bonchev–Trinajstić information content (AvgIpc) is 3.11. The highest BCUT2D eigenvalue weighted by atomic mass is 28.3. The van der Waals surface area contributed by atoms with E-state index in [1.165, 1.54) is 0 Å². The molecular weight excluding hydrogens is 438 g/mol. The van der Waals surface area contributed by atoms with E-state index in [4.69, 9.17) is 10.5 Å². The fraction of sp³-hybridized carbons (Fsp3) is 0.727. The number of hydrogen-bond donors (Lipinski definition) is 2. The molecule has 33 heavy (non-hydrogen) atoms. The summed E-state index contributed by atoms with van der Waals surface area (Å²) in [5.74, 6) is -1.13. The highest BCUT2D eigenvalue weighted by Crippen LogP contribution is 2.30. The van der Waals surface area contributed by atoms with Crippen molar-refractivity contribution in [1.29, 1.82) is 0 Å². The third kappa shape index (κ3) is 7.12. The Kier molecular flexibility index (Phi) is 8.66. The number of ether oxygens (including phenoxy) is 1. The number of aryl methyl sites for hydroxylation is 1. The zero-order valence-electron chi connectivity index (χ0n) is 20.4. The molecule has 11 heteroatoms. The van der Waals surface area contributed by atoms with Gasteiger partial charge in [0.15, 0.2) is 0 Å². The van der Waals surface area contributed by atoms with Crippen LogP contribution in [-0.4, -0.2) is 84.3 Å². The van der Waals surface area contributed by atoms with E-state index >= 15 is 0 Å². The molecule has 3 N–H and O–H groups in total. The molecule has 1 unspecified atom stereocenters. The lowest BCUT2D eigenvalue weighted by Gasteiger charge is -2.35. The summed E-state index contributed by atoms with van der Waals surface area (Å²) in [5.41, 5.74) is 7.32. The maximum absolute atomic E-state index is 13.1. The molecule has 0 radical (unpaired) electrons. The Morgan fingerprint density at radius 2 is 2.09 bits per heavy atom. The van der Waals surface area contributed by atoms with Gasteiger partial charge in [-0.15, -0.1) is 0 Å². The van der Waals surface area contributed by atoms with E-state index in [2.05, 4.69) is 35.2 Å². The first-order valence-corrected chi connectivity index (χ1v) is 15.6. The summed E-state index contributed by atoms with van der Waals surface area (Å²) in [7, 11) is 0.715. The largest absolute Gasteiger partial charge is 0.360 e. The van der Waals surface area contributed by atoms with Crippen molar-refractivity contribution in [2.45, 2.75) is 69.5 Å². The lowest BCUT2D eigenvalue weighted by Crippen LogP contribution is -2.55. The van der Waals surface area contributed by atoms with Gasteiger partial charge in [-0.1, -0.05) is 19.6 Å². The van der Waals surface area contributed by atoms with Crippen molar-refractivity contribution in [3.63, 3.8) is 0 Å². The Balaban J connectivity index is 1.53. The van der Waals surface area contributed by atoms with Gasteiger partial charge in [-0.25, -0.2) is 0 Å². The van der Waals surface area contributed by atoms with E-state index in [9.17, 15) is 9.59 Å². The predicted octanol–water partition coefficient (Wildman–Crippen LogP) is 1.29. The molecule has 1 fully saturated rings. The minimum absolute atomic E-state index is 0.141. The number of piperidine rings is 1. The quantitative estimate of drug-likeness (QED) is 0.347. The van der Waals surface area contributed by atoms with Crippen LogP contribution >= 0.6 is 0 Å². The van der Waals surface area contributed by atoms with Gasteiger partial charge in [0.1, 0.15) is 6.73 Å². The van der Waals surface area contributed by atoms with Crippen molar-refractivity contribution in [1.82, 2.24) is 25.0 Å². The van der Waals surface area contributed by atoms with Gasteiger partial charge in [-0.3, -0.25) is 19.3 Å². The van der Waals surface area contributed by atoms with E-state index in [0.717, 1.165) is 31.0 Å². The molecule has 2 aliphatic rings. The summed E-state index contributed by atoms with van der Waals surface area (Å²) in [6, 6.07) is 2.13. The Hall–Kier alpha value is -2.24. The second-order valence-corrected chi connectivity index (χ2v) is 15.8. The van der Waals surface area contributed by atoms with Gasteiger partial charge in [0.05, 0.1) is 24.3 Å². The lowest BCUT2D eigenvalue weighted by atomic mass is 9.99. The molecule has 2 amide bonds. The molecule has 0 aliphatic carbocycles. The standard InChI is InChI=1S/C22H39N7O3Si/c1-27-19(9-11-24-27)20-7-5-6-12-29(20)22(31)21(30)26-18-8-10-25-28(15-17(18)23)16-32-13-14-33(2,3)4/h9-11,17-18,20H,5-8,12-16,23H2,1-4H3,(H,26,30)/t17?,18-,20-/m0/s1. The van der Waals surface area contributed by atoms with Crippen LogP contribution in [0.2, 0.25) is 25.7 Å². The number of nitrogens with two attached hydrogens (primary N) is 1. The number of rotatable bonds is 7. The van der Waals surface area contributed by atoms with E-state index < -0.39 is 19.9 Å². The van der Waals surface area contributed by atoms with Crippen LogP contribution in [0.4, 0.5) is 0 Å². The van der Waals surface area contributed by atoms with E-state index in [1.54, 1.807) is 27.0 Å². The number of aromatic nitrogens is 2. The molecule has 3 heterocycles. The number of hydrogen-bond acceptors (Lipinski definition) is 7. The third-order valence-electron chi connectivity index (χ3n) is 6.25. The first-order chi connectivity index (χ1) is 15.7. The van der Waals surface area contributed by atoms with Crippen LogP contribution < -0.4 is 11.1 Å². The number of amides is 2. The van der Waals surface area contributed by atoms with Gasteiger partial charge >= 0.3 is 11.8 Å². The van der Waals surface area contributed by atoms with Crippen LogP contribution in [0.3, 0.4) is 0 Å². The van der Waals surface area contributed by atoms with Gasteiger partial charge in [-0.05, 0) is 31.4 Å². The highest BCUT2D eigenvalue weighted by Gasteiger charge is 2.35. The zero-order valence-corrected chi connectivity index (χ0v) is 21.4. The van der Waals surface area contributed by atoms with Crippen LogP contribution in [0.15, 0.2) is 17.4 Å². The van der Waals surface area contributed by atoms with Gasteiger partial charge in [0.25, 0.3) is 0 Å². The van der Waals surface area contributed by atoms with Crippen molar-refractivity contribution in [3.8, 4) is 0 Å². The fourth-order valence-corrected chi connectivity index (χ4v) is 4.98. The topological polar surface area (TPSA) is 118 Å². The zero-order chi connectivity index (χ0) is 24.0. The lowest BCUT2D eigenvalue weighted by molar-refractivity contribution is -0.149. The molecule has 10 nitrogen and oxygen atoms in total. The van der Waals surface area contributed by atoms with E-state index in [0.29, 0.717) is 32.8 Å². The first-order valence-electron chi connectivity index (χ1n) is 11.9. The van der Waals surface area contributed by atoms with Crippen LogP contribution in [-0.2, 0) is 21.4 Å². The molecule has 0 bridgehead atoms. The fourth-order valence-electron chi connectivity index (χ4n) is 4.22. The van der Waals surface area contributed by atoms with Crippen molar-refractivity contribution in [3.05, 3.63) is 18.0 Å². The monoisotopic (exact) mass is 477 g/mol. The summed E-state index contributed by atoms with van der Waals surface area (Å²) >= 11 is 0. The number of carbonyl (C=O) groups is 2. The van der Waals surface area contributed by atoms with Crippen LogP contribution in [0.25, 0.3) is 0 Å². The smallest absolute Gasteiger partial charge is 0.312 e. The van der Waals surface area contributed by atoms with Crippen LogP contribution in [0.5, 0.6) is 0 Å². The van der Waals surface area contributed by atoms with Crippen LogP contribution in [0.1, 0.15) is 37.4 Å². The molecule has 1 aromatic rings. The highest BCUT2D eigenvalue weighted by molar-refractivity contribution is 6.76. The maximum Gasteiger partial charge on any atom is 0.312 e. The van der Waals surface area contributed by atoms with Crippen LogP contribution in [0, 0.1) is 0 Å². The number of carbonyl (C=O) groups excluding carboxylic acids is 2. The van der Waals surface area contributed by atoms with Gasteiger partial charge < -0.3 is 20.7 Å². The Labute approximate surface area is 197 Å². The second-order valence-electron chi connectivity index (χ2n) is 10.2. The molecule has 0 spiro atoms. The molecule has 0 aromatic carbocycles. The summed E-state index contributed by atoms with van der Waals surface area (Å²) < 4.78 is 7.55. The first kappa shape index (κ1) is 25.4. The van der Waals surface area contributed by atoms with E-state index in [-0.39, 0.29) is 18.1 Å². The number of likely N-dealkylation sites (tertiary alicyclic amines) is 1. The summed E-state index contributed by atoms with van der Waals surface area (Å²) in [6.07, 6.45) is 6.65. The normalized spacial score (nSPS) is 24.0. The SMILES string of the molecule is Cn1nccc1[C@@H]1CCCCN1C(=O)C(=O)N[C@H]1CC=NN(COCC[Si](C)(C)C)CC1N. The molecule has 184 valence electrons. The van der Waals surface area contributed by atoms with Gasteiger partial charge in [0, 0.05) is 53.1 Å². The van der Waals surface area contributed by atoms with Gasteiger partial charge in [0.2, 0.25) is 0 Å². The Bertz CT molecular complexity index is 838. The molecule has 1 aromatic heterocycles. The van der Waals surface area contributed by atoms with Crippen molar-refractivity contribution in [2.24, 2.45) is 17.9 Å². The Morgan fingerprint density at radius 1 is 1.30 bits per heavy atom. The van der Waals surface area contributed by atoms with E-state index in [1.807, 2.05) is 13.1 Å². The van der Waals surface area contributed by atoms with Crippen molar-refractivity contribution >= 4 is 26.1 Å². The molecule has 3 rings (SSSR count). The number of nitrogens with zero attached hydrogens (tertiary/aromatic N) is 5. The number of nitrogens with one attached hydrogen (secondary N) is 1. The molecule has 2 aliphatic heterocycles. The van der Waals surface area contributed by atoms with Crippen molar-refractivity contribution in [2.75, 3.05) is 26.4 Å². The minimum atomic E-state index is -1.14. The average molecular weight is 478 g/mol. The number of hydrazone groups is 1. The predicted molar refractivity (Wildman–Crippen MR) is 130 cm³/mol. The summed E-state index contributed by atoms with van der Waals surface area (Å²) in [4.78, 5) is 27.7. The maximum atomic E-state index is 13.1. The Morgan fingerprint density at radius 3 is 2.79 bits per heavy atom. The third-order valence-corrected chi connectivity index (χ3v) is 7.96.